The molecule has 1 aliphatic rings. The first-order valence-electron chi connectivity index (χ1n) is 7.34. The first-order chi connectivity index (χ1) is 9.25. The van der Waals surface area contributed by atoms with Gasteiger partial charge in [0.15, 0.2) is 0 Å². The normalized spacial score (nSPS) is 25.4. The van der Waals surface area contributed by atoms with Crippen molar-refractivity contribution in [2.75, 3.05) is 0 Å². The molecule has 1 aromatic carbocycles. The van der Waals surface area contributed by atoms with E-state index in [4.69, 9.17) is 5.73 Å². The van der Waals surface area contributed by atoms with Gasteiger partial charge in [0.05, 0.1) is 0 Å². The molecule has 2 aromatic rings. The Kier molecular flexibility index (Phi) is 3.52. The fourth-order valence-electron chi connectivity index (χ4n) is 3.47. The standard InChI is InChI=1S/C17H22N2/c1-12-5-4-7-13(9-12)17(18)16-11-19-10-14-6-2-3-8-15(14)16/h2-3,6,8,10-13,17H,4-5,7,9,18H2,1H3. The van der Waals surface area contributed by atoms with Crippen molar-refractivity contribution in [1.29, 1.82) is 0 Å². The minimum absolute atomic E-state index is 0.126. The lowest BCUT2D eigenvalue weighted by molar-refractivity contribution is 0.248. The minimum Gasteiger partial charge on any atom is -0.324 e. The summed E-state index contributed by atoms with van der Waals surface area (Å²) in [6.07, 6.45) is 9.08. The lowest BCUT2D eigenvalue weighted by atomic mass is 9.77. The molecule has 1 saturated carbocycles. The van der Waals surface area contributed by atoms with Gasteiger partial charge in [0.1, 0.15) is 0 Å². The smallest absolute Gasteiger partial charge is 0.0346 e. The topological polar surface area (TPSA) is 38.9 Å². The van der Waals surface area contributed by atoms with Crippen LogP contribution in [0.15, 0.2) is 36.7 Å². The van der Waals surface area contributed by atoms with Crippen LogP contribution in [0.25, 0.3) is 10.8 Å². The van der Waals surface area contributed by atoms with E-state index in [-0.39, 0.29) is 6.04 Å². The molecule has 2 heteroatoms. The van der Waals surface area contributed by atoms with Crippen molar-refractivity contribution < 1.29 is 0 Å². The molecule has 0 amide bonds. The molecule has 1 aliphatic carbocycles. The van der Waals surface area contributed by atoms with E-state index >= 15 is 0 Å². The number of nitrogens with zero attached hydrogens (tertiary/aromatic N) is 1. The molecule has 1 aromatic heterocycles. The van der Waals surface area contributed by atoms with E-state index in [0.29, 0.717) is 5.92 Å². The van der Waals surface area contributed by atoms with Crippen LogP contribution in [0.2, 0.25) is 0 Å². The molecule has 0 saturated heterocycles. The number of fused-ring (bicyclic) bond motifs is 1. The van der Waals surface area contributed by atoms with Gasteiger partial charge < -0.3 is 5.73 Å². The van der Waals surface area contributed by atoms with Gasteiger partial charge >= 0.3 is 0 Å². The Labute approximate surface area is 115 Å². The van der Waals surface area contributed by atoms with Crippen LogP contribution >= 0.6 is 0 Å². The first-order valence-corrected chi connectivity index (χ1v) is 7.34. The molecule has 0 radical (unpaired) electrons. The number of aromatic nitrogens is 1. The van der Waals surface area contributed by atoms with Crippen molar-refractivity contribution in [2.45, 2.75) is 38.6 Å². The largest absolute Gasteiger partial charge is 0.324 e. The van der Waals surface area contributed by atoms with Gasteiger partial charge in [-0.1, -0.05) is 44.0 Å². The number of hydrogen-bond acceptors (Lipinski definition) is 2. The summed E-state index contributed by atoms with van der Waals surface area (Å²) in [6.45, 7) is 2.35. The first kappa shape index (κ1) is 12.6. The lowest BCUT2D eigenvalue weighted by Gasteiger charge is -2.31. The summed E-state index contributed by atoms with van der Waals surface area (Å²) < 4.78 is 0. The van der Waals surface area contributed by atoms with E-state index in [0.717, 1.165) is 5.92 Å². The van der Waals surface area contributed by atoms with Gasteiger partial charge in [-0.25, -0.2) is 0 Å². The zero-order valence-electron chi connectivity index (χ0n) is 11.5. The number of pyridine rings is 1. The summed E-state index contributed by atoms with van der Waals surface area (Å²) in [5.41, 5.74) is 7.78. The molecule has 3 unspecified atom stereocenters. The summed E-state index contributed by atoms with van der Waals surface area (Å²) in [5, 5.41) is 2.46. The van der Waals surface area contributed by atoms with Crippen LogP contribution in [0.3, 0.4) is 0 Å². The highest BCUT2D eigenvalue weighted by molar-refractivity contribution is 5.85. The summed E-state index contributed by atoms with van der Waals surface area (Å²) in [6, 6.07) is 8.55. The molecule has 0 spiro atoms. The molecule has 3 rings (SSSR count). The zero-order valence-corrected chi connectivity index (χ0v) is 11.5. The van der Waals surface area contributed by atoms with Gasteiger partial charge in [-0.2, -0.15) is 0 Å². The van der Waals surface area contributed by atoms with E-state index in [1.165, 1.54) is 42.0 Å². The maximum atomic E-state index is 6.56. The van der Waals surface area contributed by atoms with Crippen molar-refractivity contribution in [1.82, 2.24) is 4.98 Å². The molecule has 0 bridgehead atoms. The summed E-state index contributed by atoms with van der Waals surface area (Å²) in [4.78, 5) is 4.37. The van der Waals surface area contributed by atoms with Crippen LogP contribution in [0, 0.1) is 11.8 Å². The third-order valence-electron chi connectivity index (χ3n) is 4.54. The van der Waals surface area contributed by atoms with Crippen molar-refractivity contribution in [3.05, 3.63) is 42.2 Å². The second-order valence-electron chi connectivity index (χ2n) is 6.01. The summed E-state index contributed by atoms with van der Waals surface area (Å²) >= 11 is 0. The predicted molar refractivity (Wildman–Crippen MR) is 79.8 cm³/mol. The fraction of sp³-hybridized carbons (Fsp3) is 0.471. The van der Waals surface area contributed by atoms with Gasteiger partial charge in [0.2, 0.25) is 0 Å². The molecule has 0 aliphatic heterocycles. The molecule has 2 nitrogen and oxygen atoms in total. The Hall–Kier alpha value is -1.41. The second-order valence-corrected chi connectivity index (χ2v) is 6.01. The van der Waals surface area contributed by atoms with Crippen molar-refractivity contribution in [3.8, 4) is 0 Å². The number of nitrogens with two attached hydrogens (primary N) is 1. The SMILES string of the molecule is CC1CCCC(C(N)c2cncc3ccccc23)C1. The van der Waals surface area contributed by atoms with Crippen LogP contribution < -0.4 is 5.73 Å². The maximum Gasteiger partial charge on any atom is 0.0346 e. The van der Waals surface area contributed by atoms with Crippen molar-refractivity contribution in [3.63, 3.8) is 0 Å². The highest BCUT2D eigenvalue weighted by atomic mass is 14.7. The minimum atomic E-state index is 0.126. The lowest BCUT2D eigenvalue weighted by Crippen LogP contribution is -2.26. The van der Waals surface area contributed by atoms with Crippen molar-refractivity contribution >= 4 is 10.8 Å². The Bertz CT molecular complexity index is 559. The third kappa shape index (κ3) is 2.50. The Morgan fingerprint density at radius 2 is 2.05 bits per heavy atom. The van der Waals surface area contributed by atoms with Gasteiger partial charge in [0, 0.05) is 23.8 Å². The predicted octanol–water partition coefficient (Wildman–Crippen LogP) is 4.06. The molecule has 100 valence electrons. The van der Waals surface area contributed by atoms with E-state index in [9.17, 15) is 0 Å². The van der Waals surface area contributed by atoms with E-state index < -0.39 is 0 Å². The van der Waals surface area contributed by atoms with E-state index in [1.54, 1.807) is 0 Å². The third-order valence-corrected chi connectivity index (χ3v) is 4.54. The molecule has 3 atom stereocenters. The van der Waals surface area contributed by atoms with Crippen molar-refractivity contribution in [2.24, 2.45) is 17.6 Å². The number of benzene rings is 1. The highest BCUT2D eigenvalue weighted by Crippen LogP contribution is 2.37. The Morgan fingerprint density at radius 1 is 1.21 bits per heavy atom. The van der Waals surface area contributed by atoms with Crippen LogP contribution in [0.4, 0.5) is 0 Å². The Morgan fingerprint density at radius 3 is 2.89 bits per heavy atom. The van der Waals surface area contributed by atoms with Gasteiger partial charge in [-0.05, 0) is 35.6 Å². The van der Waals surface area contributed by atoms with E-state index in [1.807, 2.05) is 12.4 Å². The van der Waals surface area contributed by atoms with Crippen LogP contribution in [-0.4, -0.2) is 4.98 Å². The van der Waals surface area contributed by atoms with Gasteiger partial charge in [0.25, 0.3) is 0 Å². The number of hydrogen-bond donors (Lipinski definition) is 1. The van der Waals surface area contributed by atoms with Crippen LogP contribution in [-0.2, 0) is 0 Å². The Balaban J connectivity index is 1.95. The van der Waals surface area contributed by atoms with E-state index in [2.05, 4.69) is 36.2 Å². The monoisotopic (exact) mass is 254 g/mol. The average molecular weight is 254 g/mol. The molecular weight excluding hydrogens is 232 g/mol. The zero-order chi connectivity index (χ0) is 13.2. The summed E-state index contributed by atoms with van der Waals surface area (Å²) in [7, 11) is 0. The molecule has 1 fully saturated rings. The average Bonchev–Trinajstić information content (AvgIpc) is 2.46. The number of rotatable bonds is 2. The molecule has 2 N–H and O–H groups in total. The molecule has 1 heterocycles. The van der Waals surface area contributed by atoms with Crippen LogP contribution in [0.5, 0.6) is 0 Å². The van der Waals surface area contributed by atoms with Gasteiger partial charge in [-0.15, -0.1) is 0 Å². The van der Waals surface area contributed by atoms with Crippen LogP contribution in [0.1, 0.15) is 44.2 Å². The summed E-state index contributed by atoms with van der Waals surface area (Å²) in [5.74, 6) is 1.42. The highest BCUT2D eigenvalue weighted by Gasteiger charge is 2.26. The molecule has 19 heavy (non-hydrogen) atoms. The fourth-order valence-corrected chi connectivity index (χ4v) is 3.47. The maximum absolute atomic E-state index is 6.56. The quantitative estimate of drug-likeness (QED) is 0.877. The molecular formula is C17H22N2. The second kappa shape index (κ2) is 5.30. The van der Waals surface area contributed by atoms with Gasteiger partial charge in [-0.3, -0.25) is 4.98 Å².